The quantitative estimate of drug-likeness (QED) is 0.847. The van der Waals surface area contributed by atoms with Crippen LogP contribution >= 0.6 is 11.3 Å². The Balaban J connectivity index is 1.35. The fourth-order valence-corrected chi connectivity index (χ4v) is 4.54. The lowest BCUT2D eigenvalue weighted by Crippen LogP contribution is -3.08. The first-order chi connectivity index (χ1) is 12.6. The third-order valence-corrected chi connectivity index (χ3v) is 5.83. The molecule has 5 nitrogen and oxygen atoms in total. The predicted octanol–water partition coefficient (Wildman–Crippen LogP) is 2.83. The van der Waals surface area contributed by atoms with Gasteiger partial charge in [-0.25, -0.2) is 0 Å². The minimum Gasteiger partial charge on any atom is -0.448 e. The molecule has 1 aliphatic heterocycles. The summed E-state index contributed by atoms with van der Waals surface area (Å²) in [6.45, 7) is 1.28. The smallest absolute Gasteiger partial charge is 0.279 e. The van der Waals surface area contributed by atoms with Gasteiger partial charge in [0.05, 0.1) is 11.9 Å². The van der Waals surface area contributed by atoms with Crippen molar-refractivity contribution in [1.29, 1.82) is 0 Å². The summed E-state index contributed by atoms with van der Waals surface area (Å²) >= 11 is 1.72. The van der Waals surface area contributed by atoms with Crippen molar-refractivity contribution >= 4 is 22.9 Å². The highest BCUT2D eigenvalue weighted by Gasteiger charge is 2.42. The fourth-order valence-electron chi connectivity index (χ4n) is 3.72. The van der Waals surface area contributed by atoms with Gasteiger partial charge in [-0.05, 0) is 36.4 Å². The first-order valence-electron chi connectivity index (χ1n) is 9.28. The van der Waals surface area contributed by atoms with Crippen LogP contribution in [-0.4, -0.2) is 25.3 Å². The lowest BCUT2D eigenvalue weighted by atomic mass is 9.94. The van der Waals surface area contributed by atoms with Crippen molar-refractivity contribution in [3.8, 4) is 11.5 Å². The van der Waals surface area contributed by atoms with E-state index in [1.54, 1.807) is 11.3 Å². The second kappa shape index (κ2) is 7.29. The Kier molecular flexibility index (Phi) is 4.87. The Hall–Kier alpha value is -2.05. The number of likely N-dealkylation sites (N-methyl/N-ethyl adjacent to an activating group) is 1. The Labute approximate surface area is 157 Å². The van der Waals surface area contributed by atoms with E-state index < -0.39 is 5.79 Å². The highest BCUT2D eigenvalue weighted by Crippen LogP contribution is 2.46. The number of benzene rings is 1. The summed E-state index contributed by atoms with van der Waals surface area (Å²) in [5, 5.41) is 5.05. The minimum absolute atomic E-state index is 0.00491. The van der Waals surface area contributed by atoms with Crippen LogP contribution in [0.3, 0.4) is 0 Å². The van der Waals surface area contributed by atoms with E-state index >= 15 is 0 Å². The lowest BCUT2D eigenvalue weighted by molar-refractivity contribution is -0.884. The molecule has 4 rings (SSSR count). The summed E-state index contributed by atoms with van der Waals surface area (Å²) in [6, 6.07) is 9.81. The number of hydrogen-bond acceptors (Lipinski definition) is 4. The van der Waals surface area contributed by atoms with E-state index in [-0.39, 0.29) is 5.91 Å². The molecule has 6 heteroatoms. The van der Waals surface area contributed by atoms with Crippen LogP contribution in [0.25, 0.3) is 0 Å². The lowest BCUT2D eigenvalue weighted by Gasteiger charge is -2.31. The number of ether oxygens (including phenoxy) is 2. The molecular weight excluding hydrogens is 348 g/mol. The topological polar surface area (TPSA) is 52.0 Å². The second-order valence-corrected chi connectivity index (χ2v) is 8.31. The number of amides is 1. The zero-order valence-electron chi connectivity index (χ0n) is 15.0. The zero-order valence-corrected chi connectivity index (χ0v) is 15.9. The van der Waals surface area contributed by atoms with Gasteiger partial charge in [0.25, 0.3) is 11.7 Å². The molecule has 1 aliphatic carbocycles. The van der Waals surface area contributed by atoms with E-state index in [1.165, 1.54) is 11.3 Å². The number of rotatable bonds is 5. The van der Waals surface area contributed by atoms with Crippen LogP contribution < -0.4 is 19.7 Å². The molecule has 2 heterocycles. The summed E-state index contributed by atoms with van der Waals surface area (Å²) in [5.74, 6) is 1.05. The number of quaternary nitrogens is 1. The van der Waals surface area contributed by atoms with Gasteiger partial charge in [0.15, 0.2) is 18.0 Å². The van der Waals surface area contributed by atoms with E-state index in [2.05, 4.69) is 16.8 Å². The third-order valence-electron chi connectivity index (χ3n) is 4.95. The number of anilines is 1. The molecule has 1 fully saturated rings. The van der Waals surface area contributed by atoms with E-state index in [1.807, 2.05) is 31.3 Å². The summed E-state index contributed by atoms with van der Waals surface area (Å²) in [5.41, 5.74) is 0.758. The molecule has 2 aromatic rings. The van der Waals surface area contributed by atoms with Crippen LogP contribution in [0.4, 0.5) is 5.69 Å². The Morgan fingerprint density at radius 3 is 2.77 bits per heavy atom. The normalized spacial score (nSPS) is 18.7. The van der Waals surface area contributed by atoms with Gasteiger partial charge in [0.2, 0.25) is 0 Å². The average molecular weight is 373 g/mol. The molecule has 1 saturated carbocycles. The Bertz CT molecular complexity index is 769. The SMILES string of the molecule is C[NH+](CC(=O)Nc1ccc2c(c1)OC1(CCCCC1)O2)Cc1cccs1. The maximum absolute atomic E-state index is 12.3. The van der Waals surface area contributed by atoms with Crippen LogP contribution in [0.2, 0.25) is 0 Å². The van der Waals surface area contributed by atoms with Gasteiger partial charge < -0.3 is 19.7 Å². The summed E-state index contributed by atoms with van der Waals surface area (Å²) in [4.78, 5) is 14.8. The molecule has 0 bridgehead atoms. The molecule has 1 aromatic heterocycles. The van der Waals surface area contributed by atoms with Gasteiger partial charge in [-0.2, -0.15) is 0 Å². The molecule has 0 saturated heterocycles. The molecule has 0 radical (unpaired) electrons. The molecule has 1 aromatic carbocycles. The zero-order chi connectivity index (χ0) is 18.0. The molecule has 1 unspecified atom stereocenters. The molecule has 2 N–H and O–H groups in total. The highest BCUT2D eigenvalue weighted by atomic mass is 32.1. The van der Waals surface area contributed by atoms with Gasteiger partial charge in [-0.15, -0.1) is 11.3 Å². The number of carbonyl (C=O) groups excluding carboxylic acids is 1. The average Bonchev–Trinajstić information content (AvgIpc) is 3.22. The van der Waals surface area contributed by atoms with E-state index in [9.17, 15) is 4.79 Å². The largest absolute Gasteiger partial charge is 0.448 e. The van der Waals surface area contributed by atoms with Crippen molar-refractivity contribution in [2.75, 3.05) is 18.9 Å². The summed E-state index contributed by atoms with van der Waals surface area (Å²) in [6.07, 6.45) is 5.38. The molecule has 1 spiro atoms. The van der Waals surface area contributed by atoms with E-state index in [4.69, 9.17) is 9.47 Å². The third kappa shape index (κ3) is 3.86. The Morgan fingerprint density at radius 1 is 1.19 bits per heavy atom. The maximum atomic E-state index is 12.3. The van der Waals surface area contributed by atoms with Gasteiger partial charge in [0.1, 0.15) is 6.54 Å². The first kappa shape index (κ1) is 17.4. The molecule has 1 atom stereocenters. The summed E-state index contributed by atoms with van der Waals surface area (Å²) in [7, 11) is 2.03. The monoisotopic (exact) mass is 373 g/mol. The van der Waals surface area contributed by atoms with Crippen LogP contribution in [-0.2, 0) is 11.3 Å². The second-order valence-electron chi connectivity index (χ2n) is 7.28. The number of fused-ring (bicyclic) bond motifs is 1. The maximum Gasteiger partial charge on any atom is 0.279 e. The van der Waals surface area contributed by atoms with Crippen molar-refractivity contribution in [3.05, 3.63) is 40.6 Å². The van der Waals surface area contributed by atoms with Crippen molar-refractivity contribution in [1.82, 2.24) is 0 Å². The number of thiophene rings is 1. The minimum atomic E-state index is -0.478. The molecule has 138 valence electrons. The van der Waals surface area contributed by atoms with Crippen molar-refractivity contribution < 1.29 is 19.2 Å². The molecular formula is C20H25N2O3S+. The van der Waals surface area contributed by atoms with Crippen LogP contribution in [0.15, 0.2) is 35.7 Å². The van der Waals surface area contributed by atoms with Gasteiger partial charge in [-0.1, -0.05) is 12.5 Å². The van der Waals surface area contributed by atoms with E-state index in [0.717, 1.165) is 54.3 Å². The highest BCUT2D eigenvalue weighted by molar-refractivity contribution is 7.09. The van der Waals surface area contributed by atoms with Crippen molar-refractivity contribution in [2.24, 2.45) is 0 Å². The number of carbonyl (C=O) groups is 1. The fraction of sp³-hybridized carbons (Fsp3) is 0.450. The van der Waals surface area contributed by atoms with Gasteiger partial charge in [0, 0.05) is 24.6 Å². The first-order valence-corrected chi connectivity index (χ1v) is 10.2. The predicted molar refractivity (Wildman–Crippen MR) is 102 cm³/mol. The molecule has 2 aliphatic rings. The van der Waals surface area contributed by atoms with Gasteiger partial charge >= 0.3 is 0 Å². The number of hydrogen-bond donors (Lipinski definition) is 2. The number of nitrogens with one attached hydrogen (secondary N) is 2. The summed E-state index contributed by atoms with van der Waals surface area (Å²) < 4.78 is 12.2. The standard InChI is InChI=1S/C20H24N2O3S/c1-22(13-16-6-5-11-26-16)14-19(23)21-15-7-8-17-18(12-15)25-20(24-17)9-3-2-4-10-20/h5-8,11-12H,2-4,9-10,13-14H2,1H3,(H,21,23)/p+1. The van der Waals surface area contributed by atoms with Gasteiger partial charge in [-0.3, -0.25) is 4.79 Å². The van der Waals surface area contributed by atoms with Crippen LogP contribution in [0.1, 0.15) is 37.0 Å². The van der Waals surface area contributed by atoms with Crippen LogP contribution in [0.5, 0.6) is 11.5 Å². The molecule has 1 amide bonds. The van der Waals surface area contributed by atoms with Crippen molar-refractivity contribution in [3.63, 3.8) is 0 Å². The Morgan fingerprint density at radius 2 is 2.00 bits per heavy atom. The van der Waals surface area contributed by atoms with Crippen molar-refractivity contribution in [2.45, 2.75) is 44.4 Å². The molecule has 26 heavy (non-hydrogen) atoms. The van der Waals surface area contributed by atoms with E-state index in [0.29, 0.717) is 6.54 Å². The van der Waals surface area contributed by atoms with Crippen LogP contribution in [0, 0.1) is 0 Å².